The minimum atomic E-state index is -0.126. The Morgan fingerprint density at radius 1 is 0.452 bits per heavy atom. The van der Waals surface area contributed by atoms with Crippen molar-refractivity contribution in [2.24, 2.45) is 0 Å². The number of furan rings is 2. The van der Waals surface area contributed by atoms with Crippen molar-refractivity contribution in [3.05, 3.63) is 103 Å². The normalized spacial score (nSPS) is 12.5. The Labute approximate surface area is 179 Å². The Kier molecular flexibility index (Phi) is 3.39. The number of para-hydroxylation sites is 2. The molecule has 0 atom stereocenters. The molecule has 3 heterocycles. The Balaban J connectivity index is 1.71. The second kappa shape index (κ2) is 6.26. The first-order chi connectivity index (χ1) is 15.4. The van der Waals surface area contributed by atoms with E-state index in [1.807, 2.05) is 30.3 Å². The molecule has 0 fully saturated rings. The molecule has 0 N–H and O–H groups in total. The van der Waals surface area contributed by atoms with Crippen molar-refractivity contribution in [1.29, 1.82) is 0 Å². The van der Waals surface area contributed by atoms with E-state index in [0.717, 1.165) is 49.8 Å². The molecule has 4 aromatic carbocycles. The fourth-order valence-corrected chi connectivity index (χ4v) is 5.08. The molecule has 2 aromatic heterocycles. The fourth-order valence-electron chi connectivity index (χ4n) is 5.08. The molecule has 0 amide bonds. The molecule has 0 radical (unpaired) electrons. The van der Waals surface area contributed by atoms with Crippen molar-refractivity contribution in [1.82, 2.24) is 0 Å². The van der Waals surface area contributed by atoms with Crippen molar-refractivity contribution in [3.8, 4) is 22.3 Å². The third-order valence-electron chi connectivity index (χ3n) is 6.37. The van der Waals surface area contributed by atoms with Gasteiger partial charge in [0.25, 0.3) is 0 Å². The van der Waals surface area contributed by atoms with Gasteiger partial charge in [0.05, 0.1) is 11.3 Å². The predicted octanol–water partition coefficient (Wildman–Crippen LogP) is 5.34. The van der Waals surface area contributed by atoms with E-state index in [2.05, 4.69) is 72.8 Å². The molecule has 2 nitrogen and oxygen atoms in total. The predicted molar refractivity (Wildman–Crippen MR) is 128 cm³/mol. The summed E-state index contributed by atoms with van der Waals surface area (Å²) in [5.41, 5.74) is 9.56. The Hall–Kier alpha value is -3.98. The van der Waals surface area contributed by atoms with Crippen LogP contribution < -0.4 is 16.8 Å². The summed E-state index contributed by atoms with van der Waals surface area (Å²) in [5.74, 6) is 0. The van der Waals surface area contributed by atoms with E-state index in [4.69, 9.17) is 8.83 Å². The Morgan fingerprint density at radius 3 is 1.45 bits per heavy atom. The molecule has 0 saturated heterocycles. The monoisotopic (exact) mass is 396 g/mol. The van der Waals surface area contributed by atoms with Crippen LogP contribution in [0.2, 0.25) is 0 Å². The van der Waals surface area contributed by atoms with Crippen LogP contribution in [0.25, 0.3) is 44.2 Å². The maximum atomic E-state index is 6.59. The van der Waals surface area contributed by atoms with E-state index < -0.39 is 0 Å². The molecule has 0 bridgehead atoms. The van der Waals surface area contributed by atoms with Gasteiger partial charge in [-0.3, -0.25) is 0 Å². The average Bonchev–Trinajstić information content (AvgIpc) is 3.36. The third kappa shape index (κ3) is 2.29. The highest BCUT2D eigenvalue weighted by Crippen LogP contribution is 2.41. The standard InChI is InChI=1S/C28H17BO2/c1-2-10-18(11-3-1)29-27-25(21-14-6-8-16-23(21)30-27)19-12-4-5-13-20(19)26-22-15-7-9-17-24(22)31-28(26)29/h1-17H. The highest BCUT2D eigenvalue weighted by Gasteiger charge is 2.39. The molecular formula is C28H17BO2. The number of rotatable bonds is 1. The second-order valence-electron chi connectivity index (χ2n) is 8.06. The molecule has 31 heavy (non-hydrogen) atoms. The first kappa shape index (κ1) is 16.8. The van der Waals surface area contributed by atoms with Crippen molar-refractivity contribution >= 4 is 45.4 Å². The van der Waals surface area contributed by atoms with Gasteiger partial charge in [-0.15, -0.1) is 0 Å². The maximum absolute atomic E-state index is 6.59. The summed E-state index contributed by atoms with van der Waals surface area (Å²) in [6, 6.07) is 35.8. The van der Waals surface area contributed by atoms with Crippen LogP contribution in [0, 0.1) is 0 Å². The zero-order valence-electron chi connectivity index (χ0n) is 16.7. The summed E-state index contributed by atoms with van der Waals surface area (Å²) < 4.78 is 13.2. The number of fused-ring (bicyclic) bond motifs is 9. The molecule has 6 aromatic rings. The Morgan fingerprint density at radius 2 is 0.903 bits per heavy atom. The summed E-state index contributed by atoms with van der Waals surface area (Å²) in [5, 5.41) is 2.28. The molecule has 0 spiro atoms. The van der Waals surface area contributed by atoms with Gasteiger partial charge in [-0.05, 0) is 23.3 Å². The van der Waals surface area contributed by atoms with E-state index in [9.17, 15) is 0 Å². The van der Waals surface area contributed by atoms with Crippen molar-refractivity contribution in [2.45, 2.75) is 0 Å². The highest BCUT2D eigenvalue weighted by atomic mass is 16.3. The van der Waals surface area contributed by atoms with Crippen LogP contribution in [0.3, 0.4) is 0 Å². The first-order valence-electron chi connectivity index (χ1n) is 10.6. The number of benzene rings is 4. The SMILES string of the molecule is c1ccc(B2c3oc4ccccc4c3-c3ccccc3-c3c2oc2ccccc32)cc1. The van der Waals surface area contributed by atoms with E-state index in [1.165, 1.54) is 11.1 Å². The minimum absolute atomic E-state index is 0.126. The molecule has 3 heteroatoms. The van der Waals surface area contributed by atoms with Crippen LogP contribution >= 0.6 is 0 Å². The van der Waals surface area contributed by atoms with Gasteiger partial charge in [-0.2, -0.15) is 0 Å². The van der Waals surface area contributed by atoms with Crippen molar-refractivity contribution in [3.63, 3.8) is 0 Å². The molecule has 1 aliphatic heterocycles. The largest absolute Gasteiger partial charge is 0.469 e. The fraction of sp³-hybridized carbons (Fsp3) is 0. The molecule has 1 aliphatic rings. The van der Waals surface area contributed by atoms with E-state index >= 15 is 0 Å². The molecule has 7 rings (SSSR count). The van der Waals surface area contributed by atoms with Gasteiger partial charge in [0.2, 0.25) is 0 Å². The lowest BCUT2D eigenvalue weighted by Crippen LogP contribution is -2.51. The molecule has 0 saturated carbocycles. The smallest absolute Gasteiger partial charge is 0.334 e. The van der Waals surface area contributed by atoms with Crippen LogP contribution in [0.15, 0.2) is 112 Å². The highest BCUT2D eigenvalue weighted by molar-refractivity contribution is 6.96. The maximum Gasteiger partial charge on any atom is 0.334 e. The zero-order chi connectivity index (χ0) is 20.4. The third-order valence-corrected chi connectivity index (χ3v) is 6.37. The lowest BCUT2D eigenvalue weighted by atomic mass is 9.40. The van der Waals surface area contributed by atoms with Crippen LogP contribution in [0.5, 0.6) is 0 Å². The first-order valence-corrected chi connectivity index (χ1v) is 10.6. The van der Waals surface area contributed by atoms with Gasteiger partial charge in [0.15, 0.2) is 0 Å². The van der Waals surface area contributed by atoms with Crippen molar-refractivity contribution < 1.29 is 8.83 Å². The topological polar surface area (TPSA) is 26.3 Å². The van der Waals surface area contributed by atoms with Crippen LogP contribution in [-0.2, 0) is 0 Å². The lowest BCUT2D eigenvalue weighted by molar-refractivity contribution is 0.639. The lowest BCUT2D eigenvalue weighted by Gasteiger charge is -2.10. The quantitative estimate of drug-likeness (QED) is 0.350. The van der Waals surface area contributed by atoms with Gasteiger partial charge in [-0.25, -0.2) is 0 Å². The molecule has 144 valence electrons. The van der Waals surface area contributed by atoms with E-state index in [-0.39, 0.29) is 6.71 Å². The summed E-state index contributed by atoms with van der Waals surface area (Å²) in [7, 11) is 0. The second-order valence-corrected chi connectivity index (χ2v) is 8.06. The summed E-state index contributed by atoms with van der Waals surface area (Å²) in [4.78, 5) is 0. The number of hydrogen-bond donors (Lipinski definition) is 0. The average molecular weight is 396 g/mol. The molecular weight excluding hydrogens is 379 g/mol. The van der Waals surface area contributed by atoms with Crippen molar-refractivity contribution in [2.75, 3.05) is 0 Å². The van der Waals surface area contributed by atoms with Gasteiger partial charge < -0.3 is 8.83 Å². The summed E-state index contributed by atoms with van der Waals surface area (Å²) >= 11 is 0. The van der Waals surface area contributed by atoms with Gasteiger partial charge >= 0.3 is 6.71 Å². The number of hydrogen-bond acceptors (Lipinski definition) is 2. The van der Waals surface area contributed by atoms with Crippen LogP contribution in [0.4, 0.5) is 0 Å². The minimum Gasteiger partial charge on any atom is -0.469 e. The Bertz CT molecular complexity index is 1490. The molecule has 0 aliphatic carbocycles. The molecule has 0 unspecified atom stereocenters. The summed E-state index contributed by atoms with van der Waals surface area (Å²) in [6.45, 7) is -0.126. The van der Waals surface area contributed by atoms with Gasteiger partial charge in [0.1, 0.15) is 11.2 Å². The summed E-state index contributed by atoms with van der Waals surface area (Å²) in [6.07, 6.45) is 0. The van der Waals surface area contributed by atoms with Gasteiger partial charge in [-0.1, -0.05) is 96.5 Å². The van der Waals surface area contributed by atoms with E-state index in [0.29, 0.717) is 0 Å². The van der Waals surface area contributed by atoms with Crippen LogP contribution in [0.1, 0.15) is 0 Å². The van der Waals surface area contributed by atoms with E-state index in [1.54, 1.807) is 0 Å². The van der Waals surface area contributed by atoms with Crippen LogP contribution in [-0.4, -0.2) is 6.71 Å². The van der Waals surface area contributed by atoms with Gasteiger partial charge in [0, 0.05) is 21.9 Å². The zero-order valence-corrected chi connectivity index (χ0v) is 16.7.